The van der Waals surface area contributed by atoms with E-state index < -0.39 is 0 Å². The van der Waals surface area contributed by atoms with E-state index >= 15 is 0 Å². The zero-order valence-corrected chi connectivity index (χ0v) is 19.2. The van der Waals surface area contributed by atoms with Crippen molar-refractivity contribution in [2.45, 2.75) is 48.7 Å². The average molecular weight is 450 g/mol. The van der Waals surface area contributed by atoms with Crippen molar-refractivity contribution in [3.8, 4) is 0 Å². The standard InChI is InChI=1S/C25H31N5OS/c26-22-13-4-7-15-29(22)14-5-1-6-16-30-20-11-2-3-12-21(20)32-23(25(30)31)18-9-8-10-19(17-18)24(27)28/h2-3,8-12,17,23,26H,1,4-7,13-16H2,(H3,27,28). The van der Waals surface area contributed by atoms with E-state index in [0.29, 0.717) is 12.1 Å². The number of anilines is 1. The number of carbonyl (C=O) groups excluding carboxylic acids is 1. The highest BCUT2D eigenvalue weighted by Crippen LogP contribution is 2.46. The SMILES string of the molecule is N=C(N)c1cccc(C2Sc3ccccc3N(CCCCCN3CCCCC3=N)C2=O)c1. The van der Waals surface area contributed by atoms with Crippen LogP contribution in [0.3, 0.4) is 0 Å². The molecule has 0 aliphatic carbocycles. The maximum Gasteiger partial charge on any atom is 0.245 e. The van der Waals surface area contributed by atoms with Gasteiger partial charge in [0, 0.05) is 36.5 Å². The van der Waals surface area contributed by atoms with Crippen molar-refractivity contribution < 1.29 is 4.79 Å². The van der Waals surface area contributed by atoms with Gasteiger partial charge in [0.1, 0.15) is 11.1 Å². The zero-order chi connectivity index (χ0) is 22.5. The van der Waals surface area contributed by atoms with Gasteiger partial charge in [-0.3, -0.25) is 15.6 Å². The Bertz CT molecular complexity index is 1010. The van der Waals surface area contributed by atoms with Crippen LogP contribution in [-0.4, -0.2) is 42.1 Å². The summed E-state index contributed by atoms with van der Waals surface area (Å²) in [6.45, 7) is 2.64. The van der Waals surface area contributed by atoms with Crippen LogP contribution in [0.1, 0.15) is 54.9 Å². The molecule has 7 heteroatoms. The summed E-state index contributed by atoms with van der Waals surface area (Å²) in [5.41, 5.74) is 8.19. The molecule has 32 heavy (non-hydrogen) atoms. The number of para-hydroxylation sites is 1. The van der Waals surface area contributed by atoms with Crippen molar-refractivity contribution in [3.05, 3.63) is 59.7 Å². The molecule has 4 N–H and O–H groups in total. The highest BCUT2D eigenvalue weighted by molar-refractivity contribution is 8.00. The number of hydrogen-bond donors (Lipinski definition) is 3. The lowest BCUT2D eigenvalue weighted by Crippen LogP contribution is -2.38. The molecule has 1 amide bonds. The van der Waals surface area contributed by atoms with Gasteiger partial charge in [-0.1, -0.05) is 30.3 Å². The molecule has 1 saturated heterocycles. The smallest absolute Gasteiger partial charge is 0.245 e. The quantitative estimate of drug-likeness (QED) is 0.307. The molecule has 1 atom stereocenters. The number of benzene rings is 2. The maximum atomic E-state index is 13.5. The van der Waals surface area contributed by atoms with E-state index in [9.17, 15) is 4.79 Å². The van der Waals surface area contributed by atoms with Crippen LogP contribution in [0.25, 0.3) is 0 Å². The summed E-state index contributed by atoms with van der Waals surface area (Å²) < 4.78 is 0. The molecule has 1 unspecified atom stereocenters. The first-order chi connectivity index (χ1) is 15.5. The van der Waals surface area contributed by atoms with Crippen molar-refractivity contribution >= 4 is 35.0 Å². The highest BCUT2D eigenvalue weighted by Gasteiger charge is 2.34. The lowest BCUT2D eigenvalue weighted by Gasteiger charge is -2.34. The van der Waals surface area contributed by atoms with Crippen LogP contribution in [0.15, 0.2) is 53.4 Å². The van der Waals surface area contributed by atoms with E-state index in [0.717, 1.165) is 67.2 Å². The van der Waals surface area contributed by atoms with Gasteiger partial charge in [0.25, 0.3) is 0 Å². The number of amides is 1. The van der Waals surface area contributed by atoms with Crippen molar-refractivity contribution in [3.63, 3.8) is 0 Å². The van der Waals surface area contributed by atoms with Gasteiger partial charge in [0.05, 0.1) is 11.5 Å². The maximum absolute atomic E-state index is 13.5. The van der Waals surface area contributed by atoms with Gasteiger partial charge >= 0.3 is 0 Å². The van der Waals surface area contributed by atoms with E-state index in [1.807, 2.05) is 41.3 Å². The Morgan fingerprint density at radius 2 is 1.88 bits per heavy atom. The van der Waals surface area contributed by atoms with Gasteiger partial charge in [-0.05, 0) is 55.9 Å². The average Bonchev–Trinajstić information content (AvgIpc) is 2.81. The summed E-state index contributed by atoms with van der Waals surface area (Å²) >= 11 is 1.57. The minimum absolute atomic E-state index is 0.0131. The molecule has 4 rings (SSSR count). The summed E-state index contributed by atoms with van der Waals surface area (Å²) in [4.78, 5) is 18.7. The van der Waals surface area contributed by atoms with Crippen LogP contribution in [0.4, 0.5) is 5.69 Å². The van der Waals surface area contributed by atoms with Gasteiger partial charge in [0.2, 0.25) is 5.91 Å². The summed E-state index contributed by atoms with van der Waals surface area (Å²) in [6.07, 6.45) is 6.25. The molecule has 6 nitrogen and oxygen atoms in total. The Morgan fingerprint density at radius 1 is 1.06 bits per heavy atom. The molecule has 2 aliphatic heterocycles. The number of likely N-dealkylation sites (tertiary alicyclic amines) is 1. The molecule has 1 fully saturated rings. The number of piperidine rings is 1. The second-order valence-electron chi connectivity index (χ2n) is 8.45. The van der Waals surface area contributed by atoms with Crippen LogP contribution in [-0.2, 0) is 4.79 Å². The van der Waals surface area contributed by atoms with Crippen LogP contribution in [0, 0.1) is 10.8 Å². The third-order valence-electron chi connectivity index (χ3n) is 6.17. The Kier molecular flexibility index (Phi) is 7.15. The number of unbranched alkanes of at least 4 members (excludes halogenated alkanes) is 2. The van der Waals surface area contributed by atoms with Crippen molar-refractivity contribution in [2.24, 2.45) is 5.73 Å². The fourth-order valence-electron chi connectivity index (χ4n) is 4.41. The normalized spacial score (nSPS) is 18.6. The molecule has 2 heterocycles. The summed E-state index contributed by atoms with van der Waals surface area (Å²) in [5, 5.41) is 15.5. The zero-order valence-electron chi connectivity index (χ0n) is 18.3. The van der Waals surface area contributed by atoms with E-state index in [1.54, 1.807) is 17.8 Å². The van der Waals surface area contributed by atoms with Gasteiger partial charge in [-0.2, -0.15) is 0 Å². The van der Waals surface area contributed by atoms with Crippen molar-refractivity contribution in [1.82, 2.24) is 4.90 Å². The monoisotopic (exact) mass is 449 g/mol. The number of fused-ring (bicyclic) bond motifs is 1. The number of amidine groups is 2. The minimum atomic E-state index is -0.335. The predicted octanol–water partition coefficient (Wildman–Crippen LogP) is 4.78. The summed E-state index contributed by atoms with van der Waals surface area (Å²) in [6, 6.07) is 15.6. The molecular weight excluding hydrogens is 418 g/mol. The molecule has 0 bridgehead atoms. The predicted molar refractivity (Wildman–Crippen MR) is 132 cm³/mol. The second-order valence-corrected chi connectivity index (χ2v) is 9.59. The second kappa shape index (κ2) is 10.2. The van der Waals surface area contributed by atoms with Gasteiger partial charge in [-0.25, -0.2) is 0 Å². The molecule has 2 aromatic carbocycles. The molecule has 0 spiro atoms. The Labute approximate surface area is 194 Å². The fraction of sp³-hybridized carbons (Fsp3) is 0.400. The van der Waals surface area contributed by atoms with Crippen LogP contribution in [0.5, 0.6) is 0 Å². The molecule has 0 radical (unpaired) electrons. The largest absolute Gasteiger partial charge is 0.384 e. The topological polar surface area (TPSA) is 97.3 Å². The van der Waals surface area contributed by atoms with Gasteiger partial charge < -0.3 is 15.5 Å². The lowest BCUT2D eigenvalue weighted by molar-refractivity contribution is -0.118. The first-order valence-corrected chi connectivity index (χ1v) is 12.3. The third kappa shape index (κ3) is 4.99. The molecule has 2 aliphatic rings. The number of nitrogens with zero attached hydrogens (tertiary/aromatic N) is 2. The lowest BCUT2D eigenvalue weighted by atomic mass is 10.1. The van der Waals surface area contributed by atoms with E-state index in [-0.39, 0.29) is 17.0 Å². The van der Waals surface area contributed by atoms with E-state index in [4.69, 9.17) is 16.6 Å². The Hall–Kier alpha value is -2.80. The number of carbonyl (C=O) groups is 1. The van der Waals surface area contributed by atoms with E-state index in [2.05, 4.69) is 11.0 Å². The number of nitrogen functional groups attached to an aromatic ring is 1. The summed E-state index contributed by atoms with van der Waals surface area (Å²) in [7, 11) is 0. The Morgan fingerprint density at radius 3 is 2.69 bits per heavy atom. The van der Waals surface area contributed by atoms with Crippen molar-refractivity contribution in [2.75, 3.05) is 24.5 Å². The third-order valence-corrected chi connectivity index (χ3v) is 7.48. The van der Waals surface area contributed by atoms with Crippen molar-refractivity contribution in [1.29, 1.82) is 10.8 Å². The van der Waals surface area contributed by atoms with Gasteiger partial charge in [-0.15, -0.1) is 11.8 Å². The van der Waals surface area contributed by atoms with Gasteiger partial charge in [0.15, 0.2) is 0 Å². The summed E-state index contributed by atoms with van der Waals surface area (Å²) in [5.74, 6) is 0.885. The number of thioether (sulfide) groups is 1. The number of rotatable bonds is 8. The minimum Gasteiger partial charge on any atom is -0.384 e. The Balaban J connectivity index is 1.42. The molecular formula is C25H31N5OS. The van der Waals surface area contributed by atoms with Crippen LogP contribution < -0.4 is 10.6 Å². The first kappa shape index (κ1) is 22.4. The molecule has 168 valence electrons. The highest BCUT2D eigenvalue weighted by atomic mass is 32.2. The fourth-order valence-corrected chi connectivity index (χ4v) is 5.63. The van der Waals surface area contributed by atoms with E-state index in [1.165, 1.54) is 6.42 Å². The first-order valence-electron chi connectivity index (χ1n) is 11.4. The van der Waals surface area contributed by atoms with Crippen LogP contribution >= 0.6 is 11.8 Å². The number of nitrogens with two attached hydrogens (primary N) is 1. The number of nitrogens with one attached hydrogen (secondary N) is 2. The molecule has 0 saturated carbocycles. The molecule has 0 aromatic heterocycles. The van der Waals surface area contributed by atoms with Crippen LogP contribution in [0.2, 0.25) is 0 Å². The number of hydrogen-bond acceptors (Lipinski definition) is 4. The molecule has 2 aromatic rings.